The van der Waals surface area contributed by atoms with Crippen molar-refractivity contribution in [2.24, 2.45) is 0 Å². The summed E-state index contributed by atoms with van der Waals surface area (Å²) in [5.74, 6) is -0.345. The van der Waals surface area contributed by atoms with Crippen LogP contribution in [-0.2, 0) is 25.1 Å². The average molecular weight is 354 g/mol. The highest BCUT2D eigenvalue weighted by Gasteiger charge is 2.16. The molecule has 1 aliphatic heterocycles. The molecule has 0 saturated carbocycles. The number of carbonyl (C=O) groups excluding carboxylic acids is 1. The molecule has 1 saturated heterocycles. The molecular formula is C17H26N2O4S. The summed E-state index contributed by atoms with van der Waals surface area (Å²) in [7, 11) is -3.29. The molecule has 1 aliphatic rings. The van der Waals surface area contributed by atoms with E-state index in [0.717, 1.165) is 44.0 Å². The van der Waals surface area contributed by atoms with Crippen LogP contribution in [-0.4, -0.2) is 64.4 Å². The number of rotatable bonds is 8. The van der Waals surface area contributed by atoms with Crippen LogP contribution in [0.25, 0.3) is 0 Å². The van der Waals surface area contributed by atoms with Gasteiger partial charge in [0, 0.05) is 32.6 Å². The highest BCUT2D eigenvalue weighted by molar-refractivity contribution is 7.90. The second-order valence-corrected chi connectivity index (χ2v) is 8.26. The van der Waals surface area contributed by atoms with Crippen molar-refractivity contribution >= 4 is 15.7 Å². The van der Waals surface area contributed by atoms with E-state index in [-0.39, 0.29) is 23.8 Å². The highest BCUT2D eigenvalue weighted by atomic mass is 32.2. The molecule has 1 aromatic carbocycles. The summed E-state index contributed by atoms with van der Waals surface area (Å²) >= 11 is 0. The van der Waals surface area contributed by atoms with Crippen molar-refractivity contribution in [3.8, 4) is 0 Å². The zero-order valence-electron chi connectivity index (χ0n) is 14.2. The molecule has 1 aromatic rings. The Morgan fingerprint density at radius 2 is 1.96 bits per heavy atom. The Kier molecular flexibility index (Phi) is 7.20. The summed E-state index contributed by atoms with van der Waals surface area (Å²) < 4.78 is 29.6. The van der Waals surface area contributed by atoms with E-state index in [1.165, 1.54) is 0 Å². The van der Waals surface area contributed by atoms with Crippen molar-refractivity contribution in [3.63, 3.8) is 0 Å². The van der Waals surface area contributed by atoms with Crippen molar-refractivity contribution < 1.29 is 17.9 Å². The van der Waals surface area contributed by atoms with Gasteiger partial charge in [-0.05, 0) is 18.1 Å². The van der Waals surface area contributed by atoms with Gasteiger partial charge in [-0.1, -0.05) is 24.3 Å². The van der Waals surface area contributed by atoms with Crippen molar-refractivity contribution in [1.29, 1.82) is 0 Å². The lowest BCUT2D eigenvalue weighted by atomic mass is 10.1. The van der Waals surface area contributed by atoms with E-state index in [4.69, 9.17) is 4.74 Å². The fourth-order valence-electron chi connectivity index (χ4n) is 2.60. The summed E-state index contributed by atoms with van der Waals surface area (Å²) in [6.07, 6.45) is 0.0112. The van der Waals surface area contributed by atoms with Gasteiger partial charge in [0.1, 0.15) is 0 Å². The second kappa shape index (κ2) is 9.15. The minimum Gasteiger partial charge on any atom is -0.379 e. The van der Waals surface area contributed by atoms with Gasteiger partial charge in [0.15, 0.2) is 9.84 Å². The fraction of sp³-hybridized carbons (Fsp3) is 0.588. The predicted molar refractivity (Wildman–Crippen MR) is 93.6 cm³/mol. The van der Waals surface area contributed by atoms with E-state index >= 15 is 0 Å². The van der Waals surface area contributed by atoms with Crippen molar-refractivity contribution in [3.05, 3.63) is 35.4 Å². The molecule has 0 atom stereocenters. The van der Waals surface area contributed by atoms with Crippen LogP contribution in [0.4, 0.5) is 0 Å². The van der Waals surface area contributed by atoms with Crippen LogP contribution in [0.5, 0.6) is 0 Å². The molecule has 24 heavy (non-hydrogen) atoms. The molecule has 0 spiro atoms. The Bertz CT molecular complexity index is 640. The van der Waals surface area contributed by atoms with E-state index in [1.807, 2.05) is 31.2 Å². The number of aryl methyl sites for hydroxylation is 1. The van der Waals surface area contributed by atoms with E-state index in [0.29, 0.717) is 6.54 Å². The van der Waals surface area contributed by atoms with Gasteiger partial charge in [-0.2, -0.15) is 0 Å². The second-order valence-electron chi connectivity index (χ2n) is 6.07. The molecule has 2 rings (SSSR count). The predicted octanol–water partition coefficient (Wildman–Crippen LogP) is 0.748. The van der Waals surface area contributed by atoms with Gasteiger partial charge in [0.2, 0.25) is 5.91 Å². The lowest BCUT2D eigenvalue weighted by Crippen LogP contribution is -2.41. The third kappa shape index (κ3) is 6.59. The Labute approximate surface area is 144 Å². The largest absolute Gasteiger partial charge is 0.379 e. The molecule has 6 nitrogen and oxygen atoms in total. The lowest BCUT2D eigenvalue weighted by molar-refractivity contribution is -0.120. The molecule has 0 radical (unpaired) electrons. The molecule has 1 amide bonds. The van der Waals surface area contributed by atoms with Gasteiger partial charge >= 0.3 is 0 Å². The van der Waals surface area contributed by atoms with Crippen LogP contribution < -0.4 is 5.32 Å². The lowest BCUT2D eigenvalue weighted by Gasteiger charge is -2.26. The number of amides is 1. The average Bonchev–Trinajstić information content (AvgIpc) is 2.56. The van der Waals surface area contributed by atoms with E-state index < -0.39 is 9.84 Å². The van der Waals surface area contributed by atoms with Crippen LogP contribution in [0.15, 0.2) is 24.3 Å². The van der Waals surface area contributed by atoms with Crippen molar-refractivity contribution in [1.82, 2.24) is 10.2 Å². The Balaban J connectivity index is 1.69. The van der Waals surface area contributed by atoms with Gasteiger partial charge in [0.05, 0.1) is 24.7 Å². The molecular weight excluding hydrogens is 328 g/mol. The number of benzene rings is 1. The van der Waals surface area contributed by atoms with Gasteiger partial charge in [-0.25, -0.2) is 8.42 Å². The molecule has 1 N–H and O–H groups in total. The van der Waals surface area contributed by atoms with Crippen LogP contribution >= 0.6 is 0 Å². The molecule has 1 heterocycles. The molecule has 0 aromatic heterocycles. The quantitative estimate of drug-likeness (QED) is 0.745. The number of hydrogen-bond donors (Lipinski definition) is 1. The number of nitrogens with one attached hydrogen (secondary N) is 1. The van der Waals surface area contributed by atoms with E-state index in [2.05, 4.69) is 10.2 Å². The normalized spacial score (nSPS) is 16.0. The highest BCUT2D eigenvalue weighted by Crippen LogP contribution is 2.12. The SMILES string of the molecule is Cc1ccccc1CS(=O)(=O)CCC(=O)NCCN1CCOCC1. The third-order valence-corrected chi connectivity index (χ3v) is 5.71. The summed E-state index contributed by atoms with van der Waals surface area (Å²) in [4.78, 5) is 14.1. The topological polar surface area (TPSA) is 75.7 Å². The van der Waals surface area contributed by atoms with Crippen LogP contribution in [0.2, 0.25) is 0 Å². The van der Waals surface area contributed by atoms with Crippen molar-refractivity contribution in [2.45, 2.75) is 19.1 Å². The molecule has 0 unspecified atom stereocenters. The molecule has 134 valence electrons. The first-order valence-corrected chi connectivity index (χ1v) is 10.1. The summed E-state index contributed by atoms with van der Waals surface area (Å²) in [5, 5.41) is 2.79. The number of nitrogens with zero attached hydrogens (tertiary/aromatic N) is 1. The van der Waals surface area contributed by atoms with Crippen LogP contribution in [0.1, 0.15) is 17.5 Å². The Hall–Kier alpha value is -1.44. The standard InChI is InChI=1S/C17H26N2O4S/c1-15-4-2-3-5-16(15)14-24(21,22)13-6-17(20)18-7-8-19-9-11-23-12-10-19/h2-5H,6-14H2,1H3,(H,18,20). The summed E-state index contributed by atoms with van der Waals surface area (Å²) in [5.41, 5.74) is 1.75. The number of carbonyl (C=O) groups is 1. The molecule has 7 heteroatoms. The van der Waals surface area contributed by atoms with Gasteiger partial charge in [0.25, 0.3) is 0 Å². The van der Waals surface area contributed by atoms with Crippen LogP contribution in [0, 0.1) is 6.92 Å². The first kappa shape index (κ1) is 18.9. The zero-order valence-corrected chi connectivity index (χ0v) is 15.0. The van der Waals surface area contributed by atoms with Gasteiger partial charge < -0.3 is 10.1 Å². The molecule has 0 aliphatic carbocycles. The minimum absolute atomic E-state index is 0.0112. The van der Waals surface area contributed by atoms with E-state index in [9.17, 15) is 13.2 Å². The smallest absolute Gasteiger partial charge is 0.221 e. The fourth-order valence-corrected chi connectivity index (χ4v) is 4.03. The zero-order chi connectivity index (χ0) is 17.4. The Morgan fingerprint density at radius 3 is 2.67 bits per heavy atom. The number of ether oxygens (including phenoxy) is 1. The minimum atomic E-state index is -3.29. The first-order chi connectivity index (χ1) is 11.5. The number of hydrogen-bond acceptors (Lipinski definition) is 5. The maximum atomic E-state index is 12.2. The maximum Gasteiger partial charge on any atom is 0.221 e. The third-order valence-electron chi connectivity index (χ3n) is 4.13. The van der Waals surface area contributed by atoms with Crippen LogP contribution in [0.3, 0.4) is 0 Å². The Morgan fingerprint density at radius 1 is 1.25 bits per heavy atom. The molecule has 1 fully saturated rings. The maximum absolute atomic E-state index is 12.2. The number of morpholine rings is 1. The number of sulfone groups is 1. The summed E-state index contributed by atoms with van der Waals surface area (Å²) in [6, 6.07) is 7.42. The summed E-state index contributed by atoms with van der Waals surface area (Å²) in [6.45, 7) is 6.41. The first-order valence-electron chi connectivity index (χ1n) is 8.28. The van der Waals surface area contributed by atoms with Gasteiger partial charge in [-0.15, -0.1) is 0 Å². The molecule has 0 bridgehead atoms. The van der Waals surface area contributed by atoms with Gasteiger partial charge in [-0.3, -0.25) is 9.69 Å². The van der Waals surface area contributed by atoms with Crippen molar-refractivity contribution in [2.75, 3.05) is 45.1 Å². The van der Waals surface area contributed by atoms with E-state index in [1.54, 1.807) is 0 Å². The monoisotopic (exact) mass is 354 g/mol.